The zero-order chi connectivity index (χ0) is 13.6. The number of fused-ring (bicyclic) bond motifs is 1. The third-order valence-electron chi connectivity index (χ3n) is 3.67. The molecule has 0 amide bonds. The predicted octanol–water partition coefficient (Wildman–Crippen LogP) is 2.67. The van der Waals surface area contributed by atoms with Crippen LogP contribution < -0.4 is 5.32 Å². The minimum atomic E-state index is -4.32. The van der Waals surface area contributed by atoms with Crippen molar-refractivity contribution in [2.45, 2.75) is 18.5 Å². The van der Waals surface area contributed by atoms with Gasteiger partial charge in [-0.15, -0.1) is 0 Å². The standard InChI is InChI=1S/C13H14F3N3/c1-19-11-3-2-9(13(14,15)16)6-10(11)18-12(19)8-4-5-17-7-8/h2-3,6,8,17H,4-5,7H2,1H3. The molecule has 0 radical (unpaired) electrons. The van der Waals surface area contributed by atoms with Crippen LogP contribution in [0.2, 0.25) is 0 Å². The van der Waals surface area contributed by atoms with E-state index in [9.17, 15) is 13.2 Å². The molecule has 1 unspecified atom stereocenters. The number of rotatable bonds is 1. The summed E-state index contributed by atoms with van der Waals surface area (Å²) in [5, 5.41) is 3.24. The maximum atomic E-state index is 12.7. The molecule has 0 bridgehead atoms. The number of nitrogens with zero attached hydrogens (tertiary/aromatic N) is 2. The molecular weight excluding hydrogens is 255 g/mol. The molecular formula is C13H14F3N3. The van der Waals surface area contributed by atoms with Crippen LogP contribution >= 0.6 is 0 Å². The van der Waals surface area contributed by atoms with E-state index in [1.165, 1.54) is 6.07 Å². The third-order valence-corrected chi connectivity index (χ3v) is 3.67. The van der Waals surface area contributed by atoms with Crippen LogP contribution in [0.1, 0.15) is 23.7 Å². The second-order valence-corrected chi connectivity index (χ2v) is 4.92. The van der Waals surface area contributed by atoms with E-state index < -0.39 is 11.7 Å². The molecule has 3 rings (SSSR count). The van der Waals surface area contributed by atoms with Gasteiger partial charge >= 0.3 is 6.18 Å². The van der Waals surface area contributed by atoms with Crippen molar-refractivity contribution in [2.75, 3.05) is 13.1 Å². The van der Waals surface area contributed by atoms with E-state index >= 15 is 0 Å². The van der Waals surface area contributed by atoms with Crippen LogP contribution in [0, 0.1) is 0 Å². The first-order chi connectivity index (χ1) is 8.97. The monoisotopic (exact) mass is 269 g/mol. The van der Waals surface area contributed by atoms with Crippen LogP contribution in [-0.2, 0) is 13.2 Å². The van der Waals surface area contributed by atoms with Gasteiger partial charge in [-0.25, -0.2) is 4.98 Å². The maximum Gasteiger partial charge on any atom is 0.416 e. The number of hydrogen-bond donors (Lipinski definition) is 1. The summed E-state index contributed by atoms with van der Waals surface area (Å²) >= 11 is 0. The van der Waals surface area contributed by atoms with Crippen LogP contribution in [0.4, 0.5) is 13.2 Å². The topological polar surface area (TPSA) is 29.9 Å². The Hall–Kier alpha value is -1.56. The number of benzene rings is 1. The summed E-state index contributed by atoms with van der Waals surface area (Å²) in [6.45, 7) is 1.77. The SMILES string of the molecule is Cn1c(C2CCNC2)nc2cc(C(F)(F)F)ccc21. The van der Waals surface area contributed by atoms with Crippen molar-refractivity contribution in [1.82, 2.24) is 14.9 Å². The highest BCUT2D eigenvalue weighted by molar-refractivity contribution is 5.77. The predicted molar refractivity (Wildman–Crippen MR) is 65.9 cm³/mol. The van der Waals surface area contributed by atoms with Crippen molar-refractivity contribution >= 4 is 11.0 Å². The summed E-state index contributed by atoms with van der Waals surface area (Å²) in [7, 11) is 1.86. The summed E-state index contributed by atoms with van der Waals surface area (Å²) < 4.78 is 39.9. The van der Waals surface area contributed by atoms with E-state index in [-0.39, 0.29) is 5.92 Å². The first-order valence-corrected chi connectivity index (χ1v) is 6.21. The number of alkyl halides is 3. The molecule has 1 fully saturated rings. The fraction of sp³-hybridized carbons (Fsp3) is 0.462. The lowest BCUT2D eigenvalue weighted by atomic mass is 10.1. The Bertz CT molecular complexity index is 609. The molecule has 1 aromatic heterocycles. The van der Waals surface area contributed by atoms with E-state index in [0.717, 1.165) is 43.0 Å². The first kappa shape index (κ1) is 12.5. The van der Waals surface area contributed by atoms with Gasteiger partial charge in [0.1, 0.15) is 5.82 Å². The van der Waals surface area contributed by atoms with Crippen molar-refractivity contribution in [2.24, 2.45) is 7.05 Å². The molecule has 1 aliphatic rings. The van der Waals surface area contributed by atoms with E-state index in [0.29, 0.717) is 5.52 Å². The zero-order valence-corrected chi connectivity index (χ0v) is 10.5. The highest BCUT2D eigenvalue weighted by Crippen LogP contribution is 2.32. The lowest BCUT2D eigenvalue weighted by Gasteiger charge is -2.08. The Morgan fingerprint density at radius 2 is 2.16 bits per heavy atom. The second-order valence-electron chi connectivity index (χ2n) is 4.92. The smallest absolute Gasteiger partial charge is 0.331 e. The average Bonchev–Trinajstić information content (AvgIpc) is 2.96. The molecule has 1 atom stereocenters. The van der Waals surface area contributed by atoms with Gasteiger partial charge in [0.25, 0.3) is 0 Å². The molecule has 102 valence electrons. The average molecular weight is 269 g/mol. The summed E-state index contributed by atoms with van der Waals surface area (Å²) in [6, 6.07) is 3.74. The summed E-state index contributed by atoms with van der Waals surface area (Å²) in [6.07, 6.45) is -3.34. The lowest BCUT2D eigenvalue weighted by molar-refractivity contribution is -0.137. The van der Waals surface area contributed by atoms with E-state index in [4.69, 9.17) is 0 Å². The molecule has 0 spiro atoms. The van der Waals surface area contributed by atoms with E-state index in [1.807, 2.05) is 11.6 Å². The van der Waals surface area contributed by atoms with Crippen LogP contribution in [0.3, 0.4) is 0 Å². The number of hydrogen-bond acceptors (Lipinski definition) is 2. The van der Waals surface area contributed by atoms with Crippen molar-refractivity contribution in [3.8, 4) is 0 Å². The minimum absolute atomic E-state index is 0.284. The molecule has 1 aromatic carbocycles. The summed E-state index contributed by atoms with van der Waals surface area (Å²) in [5.41, 5.74) is 0.517. The van der Waals surface area contributed by atoms with Crippen molar-refractivity contribution in [3.05, 3.63) is 29.6 Å². The van der Waals surface area contributed by atoms with Crippen LogP contribution in [0.5, 0.6) is 0 Å². The van der Waals surface area contributed by atoms with Gasteiger partial charge in [0.15, 0.2) is 0 Å². The molecule has 0 saturated carbocycles. The summed E-state index contributed by atoms with van der Waals surface area (Å²) in [5.74, 6) is 1.14. The van der Waals surface area contributed by atoms with Gasteiger partial charge in [-0.05, 0) is 31.2 Å². The Labute approximate surface area is 108 Å². The number of halogens is 3. The zero-order valence-electron chi connectivity index (χ0n) is 10.5. The number of nitrogens with one attached hydrogen (secondary N) is 1. The maximum absolute atomic E-state index is 12.7. The molecule has 2 heterocycles. The molecule has 1 N–H and O–H groups in total. The fourth-order valence-corrected chi connectivity index (χ4v) is 2.63. The Morgan fingerprint density at radius 1 is 1.37 bits per heavy atom. The Kier molecular flexibility index (Phi) is 2.78. The van der Waals surface area contributed by atoms with Gasteiger partial charge in [-0.3, -0.25) is 0 Å². The van der Waals surface area contributed by atoms with Crippen LogP contribution in [-0.4, -0.2) is 22.6 Å². The molecule has 6 heteroatoms. The molecule has 3 nitrogen and oxygen atoms in total. The fourth-order valence-electron chi connectivity index (χ4n) is 2.63. The molecule has 0 aliphatic carbocycles. The summed E-state index contributed by atoms with van der Waals surface area (Å²) in [4.78, 5) is 4.39. The first-order valence-electron chi connectivity index (χ1n) is 6.21. The highest BCUT2D eigenvalue weighted by atomic mass is 19.4. The third kappa shape index (κ3) is 2.10. The lowest BCUT2D eigenvalue weighted by Crippen LogP contribution is -2.11. The van der Waals surface area contributed by atoms with Crippen LogP contribution in [0.25, 0.3) is 11.0 Å². The van der Waals surface area contributed by atoms with Gasteiger partial charge in [0, 0.05) is 19.5 Å². The van der Waals surface area contributed by atoms with Crippen molar-refractivity contribution in [3.63, 3.8) is 0 Å². The second kappa shape index (κ2) is 4.23. The van der Waals surface area contributed by atoms with Crippen molar-refractivity contribution in [1.29, 1.82) is 0 Å². The molecule has 2 aromatic rings. The Balaban J connectivity index is 2.09. The van der Waals surface area contributed by atoms with Gasteiger partial charge in [-0.2, -0.15) is 13.2 Å². The molecule has 19 heavy (non-hydrogen) atoms. The van der Waals surface area contributed by atoms with Crippen LogP contribution in [0.15, 0.2) is 18.2 Å². The molecule has 1 saturated heterocycles. The molecule has 1 aliphatic heterocycles. The van der Waals surface area contributed by atoms with Gasteiger partial charge < -0.3 is 9.88 Å². The van der Waals surface area contributed by atoms with E-state index in [1.54, 1.807) is 0 Å². The number of imidazole rings is 1. The van der Waals surface area contributed by atoms with Gasteiger partial charge in [0.05, 0.1) is 16.6 Å². The number of aromatic nitrogens is 2. The highest BCUT2D eigenvalue weighted by Gasteiger charge is 2.31. The van der Waals surface area contributed by atoms with Gasteiger partial charge in [0.2, 0.25) is 0 Å². The minimum Gasteiger partial charge on any atom is -0.331 e. The largest absolute Gasteiger partial charge is 0.416 e. The number of aryl methyl sites for hydroxylation is 1. The van der Waals surface area contributed by atoms with E-state index in [2.05, 4.69) is 10.3 Å². The normalized spacial score (nSPS) is 20.3. The Morgan fingerprint density at radius 3 is 2.79 bits per heavy atom. The quantitative estimate of drug-likeness (QED) is 0.862. The van der Waals surface area contributed by atoms with Gasteiger partial charge in [-0.1, -0.05) is 0 Å². The van der Waals surface area contributed by atoms with Crippen molar-refractivity contribution < 1.29 is 13.2 Å².